The van der Waals surface area contributed by atoms with Crippen LogP contribution in [0.5, 0.6) is 0 Å². The second-order valence-electron chi connectivity index (χ2n) is 32.7. The number of carbonyl (C=O) groups is 2. The second kappa shape index (κ2) is 36.7. The maximum atomic E-state index is 13.2. The first kappa shape index (κ1) is 91.6. The summed E-state index contributed by atoms with van der Waals surface area (Å²) in [6, 6.07) is 6.07. The molecule has 6 aliphatic heterocycles. The Bertz CT molecular complexity index is 6750. The minimum absolute atomic E-state index is 0.00580. The van der Waals surface area contributed by atoms with Crippen molar-refractivity contribution in [3.63, 3.8) is 0 Å². The number of ketones is 2. The highest BCUT2D eigenvalue weighted by atomic mass is 19.4. The molecule has 10 atom stereocenters. The Labute approximate surface area is 750 Å². The number of dihydropyridines is 1. The van der Waals surface area contributed by atoms with E-state index in [1.807, 2.05) is 50.9 Å². The summed E-state index contributed by atoms with van der Waals surface area (Å²) in [5, 5.41) is 10.4. The van der Waals surface area contributed by atoms with Crippen LogP contribution >= 0.6 is 0 Å². The predicted molar refractivity (Wildman–Crippen MR) is 458 cm³/mol. The lowest BCUT2D eigenvalue weighted by atomic mass is 9.91. The van der Waals surface area contributed by atoms with Gasteiger partial charge in [0.15, 0.2) is 80.2 Å². The van der Waals surface area contributed by atoms with Crippen molar-refractivity contribution in [3.8, 4) is 46.1 Å². The van der Waals surface area contributed by atoms with E-state index in [-0.39, 0.29) is 119 Å². The van der Waals surface area contributed by atoms with Gasteiger partial charge in [0.25, 0.3) is 0 Å². The van der Waals surface area contributed by atoms with E-state index in [1.165, 1.54) is 60.7 Å². The highest BCUT2D eigenvalue weighted by Gasteiger charge is 2.44. The van der Waals surface area contributed by atoms with E-state index in [4.69, 9.17) is 9.97 Å². The maximum Gasteiger partial charge on any atom is 0.434 e. The predicted octanol–water partition coefficient (Wildman–Crippen LogP) is 12.9. The Kier molecular flexibility index (Phi) is 25.1. The van der Waals surface area contributed by atoms with Crippen molar-refractivity contribution in [1.29, 1.82) is 0 Å². The molecule has 0 aromatic carbocycles. The van der Waals surface area contributed by atoms with Crippen molar-refractivity contribution in [2.24, 2.45) is 9.98 Å². The highest BCUT2D eigenvalue weighted by Crippen LogP contribution is 2.39. The lowest BCUT2D eigenvalue weighted by Gasteiger charge is -2.46. The van der Waals surface area contributed by atoms with Crippen LogP contribution in [0.1, 0.15) is 102 Å². The number of fused-ring (bicyclic) bond motifs is 4. The summed E-state index contributed by atoms with van der Waals surface area (Å²) in [6.07, 6.45) is 12.7. The number of allylic oxidation sites excluding steroid dienone is 3. The number of hydrogen-bond acceptors (Lipinski definition) is 28. The molecule has 4 N–H and O–H groups in total. The zero-order chi connectivity index (χ0) is 94.6. The van der Waals surface area contributed by atoms with Crippen molar-refractivity contribution in [2.75, 3.05) is 58.9 Å². The molecule has 0 amide bonds. The van der Waals surface area contributed by atoms with E-state index in [2.05, 4.69) is 134 Å². The van der Waals surface area contributed by atoms with Gasteiger partial charge in [-0.05, 0) is 102 Å². The molecule has 10 unspecified atom stereocenters. The smallest absolute Gasteiger partial charge is 0.356 e. The number of nitrogens with zero attached hydrogens (tertiary/aromatic N) is 27. The fourth-order valence-corrected chi connectivity index (χ4v) is 16.9. The number of rotatable bonds is 12. The molecule has 696 valence electrons. The molecule has 0 spiro atoms. The second-order valence-corrected chi connectivity index (χ2v) is 32.7. The van der Waals surface area contributed by atoms with Gasteiger partial charge in [0.1, 0.15) is 64.1 Å². The van der Waals surface area contributed by atoms with Gasteiger partial charge < -0.3 is 40.5 Å². The fraction of sp³-hybridized carbons (Fsp3) is 0.360. The number of aromatic amines is 1. The van der Waals surface area contributed by atoms with Crippen molar-refractivity contribution in [2.45, 2.75) is 158 Å². The third-order valence-corrected chi connectivity index (χ3v) is 23.5. The van der Waals surface area contributed by atoms with Crippen LogP contribution in [0.3, 0.4) is 0 Å². The van der Waals surface area contributed by atoms with E-state index < -0.39 is 65.4 Å². The SMILES string of the molecule is CC1CN(c2ccnc(-c3cnc4cnc(C(F)(F)F)cn34)n2)C(C)C(C2=CCC(=O)C=C2)N1.CC1CN(c2ccnc(-c3cnc4cnc(C(F)(F)F)cn34)n2)C(C)C(C2=CCC(C(F)(F)F)=N2)N1.CC1NCC(C)N(c2ccnc(-c3cnc4cnc(C(F)(F)F)cn34)n2)C1C1=NCC(=O)C=C1.FC(F)(F)c1cn2c(-c3nccc(N4CCCC(c5ncc[nH]5)C4)n3)cnc2cn1. The summed E-state index contributed by atoms with van der Waals surface area (Å²) in [5.74, 6) is 4.65. The summed E-state index contributed by atoms with van der Waals surface area (Å²) in [5.41, 5.74) is -0.543. The van der Waals surface area contributed by atoms with E-state index in [9.17, 15) is 75.4 Å². The lowest BCUT2D eigenvalue weighted by molar-refractivity contribution is -0.142. The topological polar surface area (TPSA) is 360 Å². The molecule has 0 radical (unpaired) electrons. The minimum Gasteiger partial charge on any atom is -0.356 e. The van der Waals surface area contributed by atoms with Crippen LogP contribution < -0.4 is 35.6 Å². The average Bonchev–Trinajstić information content (AvgIpc) is 1.39. The minimum atomic E-state index is -4.64. The number of piperazine rings is 3. The molecule has 33 nitrogen and oxygen atoms in total. The first-order valence-electron chi connectivity index (χ1n) is 42.1. The van der Waals surface area contributed by atoms with Gasteiger partial charge in [-0.15, -0.1) is 0 Å². The Morgan fingerprint density at radius 2 is 0.873 bits per heavy atom. The van der Waals surface area contributed by atoms with Gasteiger partial charge in [0.2, 0.25) is 0 Å². The van der Waals surface area contributed by atoms with Gasteiger partial charge in [-0.2, -0.15) is 65.9 Å². The van der Waals surface area contributed by atoms with Gasteiger partial charge in [-0.25, -0.2) is 84.7 Å². The first-order valence-corrected chi connectivity index (χ1v) is 42.1. The zero-order valence-corrected chi connectivity index (χ0v) is 71.6. The summed E-state index contributed by atoms with van der Waals surface area (Å²) < 4.78 is 202. The van der Waals surface area contributed by atoms with Gasteiger partial charge >= 0.3 is 30.9 Å². The summed E-state index contributed by atoms with van der Waals surface area (Å²) in [7, 11) is 0. The number of imidazole rings is 5. The molecular formula is C86H80F15N31O2. The maximum absolute atomic E-state index is 13.2. The lowest BCUT2D eigenvalue weighted by Crippen LogP contribution is -2.64. The summed E-state index contributed by atoms with van der Waals surface area (Å²) in [6.45, 7) is 15.5. The number of H-pyrrole nitrogens is 1. The Morgan fingerprint density at radius 1 is 0.433 bits per heavy atom. The van der Waals surface area contributed by atoms with Crippen LogP contribution in [0, 0.1) is 0 Å². The monoisotopic (exact) mass is 1860 g/mol. The van der Waals surface area contributed by atoms with Crippen LogP contribution in [0.2, 0.25) is 0 Å². The number of hydrogen-bond donors (Lipinski definition) is 4. The number of aromatic nitrogens is 22. The molecule has 19 heterocycles. The third-order valence-electron chi connectivity index (χ3n) is 23.5. The molecule has 13 aromatic rings. The number of piperidine rings is 1. The molecule has 4 fully saturated rings. The number of nitrogens with one attached hydrogen (secondary N) is 4. The molecule has 1 aliphatic carbocycles. The van der Waals surface area contributed by atoms with Crippen molar-refractivity contribution in [1.82, 2.24) is 123 Å². The summed E-state index contributed by atoms with van der Waals surface area (Å²) >= 11 is 0. The van der Waals surface area contributed by atoms with E-state index in [0.29, 0.717) is 77.8 Å². The standard InChI is InChI=1S/C23H22F3N7O.C22H20F6N8.C22H21F3N8O.C19H17F3N8/c1-13-11-32(14(2)21(30-13)15-3-5-16(34)6-4-15)19-7-8-27-22(31-19)17-9-29-20-10-28-18(12-33(17)20)23(24,25)26;1-11-9-35(12(2)19(32-11)13-3-4-15(33-13)21(23,24)25)17-5-6-29-20(34-17)14-7-31-18-8-30-16(10-36(14)18)22(26,27)28;1-12-7-27-13(2)20(15-4-3-14(34)8-28-15)33(12)18-5-6-26-21(31-18)16-9-30-19-10-29-17(11-32(16)19)22(23,24)25;20-19(21,22)14-11-30-13(8-27-16(30)9-26-14)18-23-4-3-15(28-18)29-7-1-2-12(10-29)17-24-5-6-25-17/h3-5,7-10,12-14,21,30H,6,11H2,1-2H3;3,5-8,10-12,19,32H,4,9H2,1-2H3;3-6,9-13,20,27H,7-8H2,1-2H3;3-6,8-9,11-12H,1-2,7,10H2,(H,24,25). The molecule has 0 saturated carbocycles. The van der Waals surface area contributed by atoms with E-state index >= 15 is 0 Å². The van der Waals surface area contributed by atoms with Gasteiger partial charge in [0, 0.05) is 150 Å². The molecule has 0 bridgehead atoms. The largest absolute Gasteiger partial charge is 0.434 e. The molecule has 20 rings (SSSR count). The number of anilines is 4. The van der Waals surface area contributed by atoms with Crippen LogP contribution in [0.4, 0.5) is 89.1 Å². The van der Waals surface area contributed by atoms with E-state index in [1.54, 1.807) is 61.2 Å². The highest BCUT2D eigenvalue weighted by molar-refractivity contribution is 6.10. The molecule has 134 heavy (non-hydrogen) atoms. The molecule has 48 heteroatoms. The van der Waals surface area contributed by atoms with Crippen LogP contribution in [0.25, 0.3) is 68.7 Å². The van der Waals surface area contributed by atoms with Crippen LogP contribution in [0.15, 0.2) is 194 Å². The third kappa shape index (κ3) is 19.5. The first-order chi connectivity index (χ1) is 63.8. The molecule has 4 saturated heterocycles. The fourth-order valence-electron chi connectivity index (χ4n) is 16.9. The quantitative estimate of drug-likeness (QED) is 0.0825. The van der Waals surface area contributed by atoms with Gasteiger partial charge in [-0.3, -0.25) is 37.2 Å². The Hall–Kier alpha value is -14.3. The van der Waals surface area contributed by atoms with Crippen molar-refractivity contribution < 1.29 is 75.4 Å². The molecule has 13 aromatic heterocycles. The number of alkyl halides is 15. The Balaban J connectivity index is 0.000000125. The average molecular weight is 1860 g/mol. The molecular weight excluding hydrogens is 1780 g/mol. The van der Waals surface area contributed by atoms with Gasteiger partial charge in [0.05, 0.1) is 79.1 Å². The number of aliphatic imine (C=N–C) groups is 2. The number of halogens is 15. The van der Waals surface area contributed by atoms with Gasteiger partial charge in [-0.1, -0.05) is 18.2 Å². The normalized spacial score (nSPS) is 22.1. The van der Waals surface area contributed by atoms with E-state index in [0.717, 1.165) is 98.4 Å². The van der Waals surface area contributed by atoms with Crippen molar-refractivity contribution in [3.05, 3.63) is 212 Å². The van der Waals surface area contributed by atoms with Crippen LogP contribution in [-0.2, 0) is 34.3 Å². The van der Waals surface area contributed by atoms with Crippen LogP contribution in [-0.4, -0.2) is 230 Å². The Morgan fingerprint density at radius 3 is 1.30 bits per heavy atom. The number of carbonyl (C=O) groups excluding carboxylic acids is 2. The summed E-state index contributed by atoms with van der Waals surface area (Å²) in [4.78, 5) is 113. The van der Waals surface area contributed by atoms with Crippen molar-refractivity contribution >= 4 is 68.9 Å². The molecule has 7 aliphatic rings. The zero-order valence-electron chi connectivity index (χ0n) is 71.6.